The highest BCUT2D eigenvalue weighted by Gasteiger charge is 2.22. The average molecular weight is 226 g/mol. The fourth-order valence-electron chi connectivity index (χ4n) is 2.30. The minimum Gasteiger partial charge on any atom is -0.125 e. The predicted molar refractivity (Wildman–Crippen MR) is 70.1 cm³/mol. The van der Waals surface area contributed by atoms with Gasteiger partial charge in [0.15, 0.2) is 0 Å². The molecule has 0 saturated heterocycles. The van der Waals surface area contributed by atoms with Crippen molar-refractivity contribution in [3.63, 3.8) is 0 Å². The molecule has 1 atom stereocenters. The molecule has 80 valence electrons. The summed E-state index contributed by atoms with van der Waals surface area (Å²) in [6, 6.07) is 19.6. The molecular weight excluding hydrogens is 212 g/mol. The molecule has 1 aliphatic heterocycles. The predicted octanol–water partition coefficient (Wildman–Crippen LogP) is 4.12. The Morgan fingerprint density at radius 1 is 0.938 bits per heavy atom. The van der Waals surface area contributed by atoms with Crippen molar-refractivity contribution in [3.8, 4) is 0 Å². The Balaban J connectivity index is 1.84. The van der Waals surface area contributed by atoms with Crippen LogP contribution in [0.5, 0.6) is 0 Å². The van der Waals surface area contributed by atoms with E-state index in [1.165, 1.54) is 28.2 Å². The van der Waals surface area contributed by atoms with E-state index in [9.17, 15) is 0 Å². The van der Waals surface area contributed by atoms with Crippen molar-refractivity contribution in [2.75, 3.05) is 5.75 Å². The van der Waals surface area contributed by atoms with Gasteiger partial charge in [0.25, 0.3) is 0 Å². The standard InChI is InChI=1S/C15H14S/c1-2-6-12(7-3-1)10-13-11-16-15-9-5-4-8-14(13)15/h1-9,13H,10-11H2. The van der Waals surface area contributed by atoms with Crippen molar-refractivity contribution < 1.29 is 0 Å². The lowest BCUT2D eigenvalue weighted by molar-refractivity contribution is 0.773. The lowest BCUT2D eigenvalue weighted by atomic mass is 9.94. The summed E-state index contributed by atoms with van der Waals surface area (Å²) in [5, 5.41) is 0. The molecule has 0 aliphatic carbocycles. The molecule has 0 nitrogen and oxygen atoms in total. The summed E-state index contributed by atoms with van der Waals surface area (Å²) < 4.78 is 0. The number of hydrogen-bond acceptors (Lipinski definition) is 1. The second kappa shape index (κ2) is 4.34. The molecule has 1 heterocycles. The Morgan fingerprint density at radius 2 is 1.69 bits per heavy atom. The van der Waals surface area contributed by atoms with Gasteiger partial charge in [-0.15, -0.1) is 11.8 Å². The van der Waals surface area contributed by atoms with Crippen molar-refractivity contribution in [2.45, 2.75) is 17.2 Å². The summed E-state index contributed by atoms with van der Waals surface area (Å²) in [5.74, 6) is 1.93. The minimum atomic E-state index is 0.698. The minimum absolute atomic E-state index is 0.698. The van der Waals surface area contributed by atoms with Gasteiger partial charge < -0.3 is 0 Å². The zero-order chi connectivity index (χ0) is 10.8. The van der Waals surface area contributed by atoms with E-state index in [2.05, 4.69) is 54.6 Å². The molecule has 0 amide bonds. The van der Waals surface area contributed by atoms with Crippen LogP contribution in [0.2, 0.25) is 0 Å². The Kier molecular flexibility index (Phi) is 2.71. The van der Waals surface area contributed by atoms with E-state index in [1.54, 1.807) is 0 Å². The molecule has 0 bridgehead atoms. The first-order chi connectivity index (χ1) is 7.93. The van der Waals surface area contributed by atoms with Gasteiger partial charge in [0.1, 0.15) is 0 Å². The van der Waals surface area contributed by atoms with Crippen molar-refractivity contribution >= 4 is 11.8 Å². The summed E-state index contributed by atoms with van der Waals surface area (Å²) in [7, 11) is 0. The zero-order valence-corrected chi connectivity index (χ0v) is 9.91. The van der Waals surface area contributed by atoms with E-state index < -0.39 is 0 Å². The molecule has 1 aliphatic rings. The van der Waals surface area contributed by atoms with Crippen LogP contribution >= 0.6 is 11.8 Å². The third kappa shape index (κ3) is 1.88. The van der Waals surface area contributed by atoms with Gasteiger partial charge in [0.05, 0.1) is 0 Å². The maximum Gasteiger partial charge on any atom is 0.0107 e. The Labute approximate surface area is 101 Å². The summed E-state index contributed by atoms with van der Waals surface area (Å²) in [5.41, 5.74) is 2.99. The molecule has 1 heteroatoms. The van der Waals surface area contributed by atoms with Crippen LogP contribution < -0.4 is 0 Å². The van der Waals surface area contributed by atoms with E-state index in [4.69, 9.17) is 0 Å². The van der Waals surface area contributed by atoms with Crippen LogP contribution in [0.4, 0.5) is 0 Å². The Morgan fingerprint density at radius 3 is 2.56 bits per heavy atom. The lowest BCUT2D eigenvalue weighted by Crippen LogP contribution is -2.01. The molecule has 16 heavy (non-hydrogen) atoms. The largest absolute Gasteiger partial charge is 0.125 e. The monoisotopic (exact) mass is 226 g/mol. The highest BCUT2D eigenvalue weighted by Crippen LogP contribution is 2.40. The first-order valence-corrected chi connectivity index (χ1v) is 6.68. The number of rotatable bonds is 2. The Bertz CT molecular complexity index is 476. The maximum absolute atomic E-state index is 2.28. The molecule has 2 aromatic carbocycles. The zero-order valence-electron chi connectivity index (χ0n) is 9.10. The van der Waals surface area contributed by atoms with E-state index in [1.807, 2.05) is 11.8 Å². The Hall–Kier alpha value is -1.21. The normalized spacial score (nSPS) is 18.4. The van der Waals surface area contributed by atoms with Crippen molar-refractivity contribution in [1.29, 1.82) is 0 Å². The maximum atomic E-state index is 2.28. The van der Waals surface area contributed by atoms with Gasteiger partial charge >= 0.3 is 0 Å². The van der Waals surface area contributed by atoms with Crippen LogP contribution in [0.1, 0.15) is 17.0 Å². The van der Waals surface area contributed by atoms with Gasteiger partial charge in [-0.1, -0.05) is 48.5 Å². The molecule has 0 spiro atoms. The number of thioether (sulfide) groups is 1. The highest BCUT2D eigenvalue weighted by atomic mass is 32.2. The van der Waals surface area contributed by atoms with Crippen molar-refractivity contribution in [2.24, 2.45) is 0 Å². The summed E-state index contributed by atoms with van der Waals surface area (Å²) in [4.78, 5) is 1.48. The quantitative estimate of drug-likeness (QED) is 0.742. The third-order valence-corrected chi connectivity index (χ3v) is 4.38. The fourth-order valence-corrected chi connectivity index (χ4v) is 3.55. The first-order valence-electron chi connectivity index (χ1n) is 5.69. The van der Waals surface area contributed by atoms with Crippen LogP contribution in [0, 0.1) is 0 Å². The topological polar surface area (TPSA) is 0 Å². The molecule has 0 fully saturated rings. The van der Waals surface area contributed by atoms with Crippen LogP contribution in [0.25, 0.3) is 0 Å². The number of hydrogen-bond donors (Lipinski definition) is 0. The van der Waals surface area contributed by atoms with Gasteiger partial charge in [0.2, 0.25) is 0 Å². The van der Waals surface area contributed by atoms with Crippen molar-refractivity contribution in [1.82, 2.24) is 0 Å². The van der Waals surface area contributed by atoms with E-state index in [-0.39, 0.29) is 0 Å². The van der Waals surface area contributed by atoms with Gasteiger partial charge in [0, 0.05) is 10.6 Å². The highest BCUT2D eigenvalue weighted by molar-refractivity contribution is 7.99. The van der Waals surface area contributed by atoms with E-state index in [0.717, 1.165) is 0 Å². The molecule has 0 radical (unpaired) electrons. The molecule has 2 aromatic rings. The van der Waals surface area contributed by atoms with Gasteiger partial charge in [-0.25, -0.2) is 0 Å². The summed E-state index contributed by atoms with van der Waals surface area (Å²) in [6.45, 7) is 0. The first kappa shape index (κ1) is 9.98. The molecule has 0 N–H and O–H groups in total. The van der Waals surface area contributed by atoms with Crippen LogP contribution in [-0.2, 0) is 6.42 Å². The third-order valence-electron chi connectivity index (χ3n) is 3.12. The molecular formula is C15H14S. The second-order valence-electron chi connectivity index (χ2n) is 4.24. The van der Waals surface area contributed by atoms with Crippen LogP contribution in [-0.4, -0.2) is 5.75 Å². The lowest BCUT2D eigenvalue weighted by Gasteiger charge is -2.10. The SMILES string of the molecule is c1ccc(CC2CSc3ccccc32)cc1. The molecule has 3 rings (SSSR count). The van der Waals surface area contributed by atoms with E-state index in [0.29, 0.717) is 5.92 Å². The smallest absolute Gasteiger partial charge is 0.0107 e. The van der Waals surface area contributed by atoms with Crippen molar-refractivity contribution in [3.05, 3.63) is 65.7 Å². The second-order valence-corrected chi connectivity index (χ2v) is 5.30. The van der Waals surface area contributed by atoms with Gasteiger partial charge in [-0.2, -0.15) is 0 Å². The molecule has 0 saturated carbocycles. The van der Waals surface area contributed by atoms with Crippen LogP contribution in [0.3, 0.4) is 0 Å². The number of benzene rings is 2. The van der Waals surface area contributed by atoms with Crippen LogP contribution in [0.15, 0.2) is 59.5 Å². The summed E-state index contributed by atoms with van der Waals surface area (Å²) >= 11 is 2.00. The number of fused-ring (bicyclic) bond motifs is 1. The molecule has 1 unspecified atom stereocenters. The fraction of sp³-hybridized carbons (Fsp3) is 0.200. The van der Waals surface area contributed by atoms with E-state index >= 15 is 0 Å². The van der Waals surface area contributed by atoms with Gasteiger partial charge in [-0.05, 0) is 29.5 Å². The molecule has 0 aromatic heterocycles. The van der Waals surface area contributed by atoms with Gasteiger partial charge in [-0.3, -0.25) is 0 Å². The average Bonchev–Trinajstić information content (AvgIpc) is 2.74. The summed E-state index contributed by atoms with van der Waals surface area (Å²) in [6.07, 6.45) is 1.17.